The lowest BCUT2D eigenvalue weighted by atomic mass is 10.1. The second-order valence-corrected chi connectivity index (χ2v) is 8.53. The van der Waals surface area contributed by atoms with Gasteiger partial charge in [-0.1, -0.05) is 36.0 Å². The average Bonchev–Trinajstić information content (AvgIpc) is 2.84. The zero-order valence-corrected chi connectivity index (χ0v) is 19.0. The molecule has 1 aliphatic heterocycles. The number of carbonyl (C=O) groups is 1. The fourth-order valence-corrected chi connectivity index (χ4v) is 4.72. The first-order chi connectivity index (χ1) is 15.7. The minimum Gasteiger partial charge on any atom is -0.496 e. The van der Waals surface area contributed by atoms with Crippen molar-refractivity contribution in [2.24, 2.45) is 0 Å². The Morgan fingerprint density at radius 1 is 1.09 bits per heavy atom. The lowest BCUT2D eigenvalue weighted by Crippen LogP contribution is -2.37. The summed E-state index contributed by atoms with van der Waals surface area (Å²) in [5, 5.41) is 1.17. The van der Waals surface area contributed by atoms with Gasteiger partial charge >= 0.3 is 0 Å². The molecule has 8 heteroatoms. The maximum absolute atomic E-state index is 13.2. The number of Topliss-reactive ketones (excluding diaryl/α,β-unsaturated/α-hetero) is 1. The van der Waals surface area contributed by atoms with E-state index in [1.165, 1.54) is 11.8 Å². The van der Waals surface area contributed by atoms with Crippen LogP contribution in [-0.4, -0.2) is 65.9 Å². The quantitative estimate of drug-likeness (QED) is 0.280. The summed E-state index contributed by atoms with van der Waals surface area (Å²) in [5.41, 5.74) is 1.11. The van der Waals surface area contributed by atoms with Crippen LogP contribution in [0.3, 0.4) is 0 Å². The fourth-order valence-electron chi connectivity index (χ4n) is 3.82. The number of ketones is 1. The summed E-state index contributed by atoms with van der Waals surface area (Å²) in [6.07, 6.45) is 0.827. The lowest BCUT2D eigenvalue weighted by Gasteiger charge is -2.26. The summed E-state index contributed by atoms with van der Waals surface area (Å²) in [6, 6.07) is 14.5. The molecule has 0 bridgehead atoms. The van der Waals surface area contributed by atoms with E-state index in [4.69, 9.17) is 14.5 Å². The largest absolute Gasteiger partial charge is 0.496 e. The normalized spacial score (nSPS) is 14.5. The highest BCUT2D eigenvalue weighted by molar-refractivity contribution is 7.99. The number of morpholine rings is 1. The zero-order chi connectivity index (χ0) is 22.3. The number of hydrogen-bond acceptors (Lipinski definition) is 7. The number of carbonyl (C=O) groups excluding carboxylic acids is 1. The van der Waals surface area contributed by atoms with Gasteiger partial charge in [-0.15, -0.1) is 0 Å². The van der Waals surface area contributed by atoms with Gasteiger partial charge in [0.1, 0.15) is 5.75 Å². The molecule has 7 nitrogen and oxygen atoms in total. The van der Waals surface area contributed by atoms with Gasteiger partial charge in [-0.3, -0.25) is 19.1 Å². The van der Waals surface area contributed by atoms with Crippen LogP contribution in [0.2, 0.25) is 0 Å². The second kappa shape index (κ2) is 10.8. The Hall–Kier alpha value is -2.68. The van der Waals surface area contributed by atoms with Gasteiger partial charge in [0.25, 0.3) is 5.56 Å². The van der Waals surface area contributed by atoms with Gasteiger partial charge in [0.05, 0.1) is 42.5 Å². The lowest BCUT2D eigenvalue weighted by molar-refractivity contribution is 0.0368. The van der Waals surface area contributed by atoms with Crippen molar-refractivity contribution < 1.29 is 14.3 Å². The van der Waals surface area contributed by atoms with Crippen LogP contribution in [0, 0.1) is 0 Å². The fraction of sp³-hybridized carbons (Fsp3) is 0.375. The van der Waals surface area contributed by atoms with Crippen molar-refractivity contribution in [3.63, 3.8) is 0 Å². The van der Waals surface area contributed by atoms with Gasteiger partial charge in [-0.2, -0.15) is 0 Å². The molecule has 0 radical (unpaired) electrons. The SMILES string of the molecule is COc1ccccc1C(=O)CSc1nc2ccccc2c(=O)n1CCCN1CCOCC1. The molecule has 0 atom stereocenters. The van der Waals surface area contributed by atoms with Crippen molar-refractivity contribution in [3.8, 4) is 5.75 Å². The van der Waals surface area contributed by atoms with E-state index in [1.807, 2.05) is 30.3 Å². The third kappa shape index (κ3) is 5.20. The van der Waals surface area contributed by atoms with Gasteiger partial charge in [0.15, 0.2) is 10.9 Å². The Labute approximate surface area is 191 Å². The minimum atomic E-state index is -0.0650. The number of benzene rings is 2. The molecule has 0 amide bonds. The molecule has 1 aliphatic rings. The van der Waals surface area contributed by atoms with E-state index in [0.717, 1.165) is 39.3 Å². The average molecular weight is 454 g/mol. The number of ether oxygens (including phenoxy) is 2. The van der Waals surface area contributed by atoms with Crippen LogP contribution in [0.4, 0.5) is 0 Å². The Morgan fingerprint density at radius 2 is 1.84 bits per heavy atom. The van der Waals surface area contributed by atoms with Crippen molar-refractivity contribution >= 4 is 28.4 Å². The van der Waals surface area contributed by atoms with E-state index in [0.29, 0.717) is 33.9 Å². The summed E-state index contributed by atoms with van der Waals surface area (Å²) >= 11 is 1.30. The standard InChI is InChI=1S/C24H27N3O4S/c1-30-22-10-5-3-8-19(22)21(28)17-32-24-25-20-9-4-2-7-18(20)23(29)27(24)12-6-11-26-13-15-31-16-14-26/h2-5,7-10H,6,11-17H2,1H3. The predicted octanol–water partition coefficient (Wildman–Crippen LogP) is 3.10. The molecule has 0 N–H and O–H groups in total. The number of methoxy groups -OCH3 is 1. The van der Waals surface area contributed by atoms with Crippen molar-refractivity contribution in [2.75, 3.05) is 45.7 Å². The molecule has 2 aromatic carbocycles. The molecular weight excluding hydrogens is 426 g/mol. The van der Waals surface area contributed by atoms with Crippen molar-refractivity contribution in [2.45, 2.75) is 18.1 Å². The van der Waals surface area contributed by atoms with Crippen LogP contribution >= 0.6 is 11.8 Å². The van der Waals surface area contributed by atoms with Gasteiger partial charge in [0, 0.05) is 26.2 Å². The predicted molar refractivity (Wildman–Crippen MR) is 126 cm³/mol. The maximum atomic E-state index is 13.2. The highest BCUT2D eigenvalue weighted by atomic mass is 32.2. The third-order valence-corrected chi connectivity index (χ3v) is 6.50. The molecule has 0 spiro atoms. The minimum absolute atomic E-state index is 0.0604. The van der Waals surface area contributed by atoms with Gasteiger partial charge in [0.2, 0.25) is 0 Å². The van der Waals surface area contributed by atoms with Crippen molar-refractivity contribution in [1.82, 2.24) is 14.5 Å². The van der Waals surface area contributed by atoms with Crippen LogP contribution in [0.15, 0.2) is 58.5 Å². The van der Waals surface area contributed by atoms with E-state index in [1.54, 1.807) is 29.9 Å². The number of aromatic nitrogens is 2. The van der Waals surface area contributed by atoms with Crippen molar-refractivity contribution in [1.29, 1.82) is 0 Å². The molecule has 1 saturated heterocycles. The summed E-state index contributed by atoms with van der Waals surface area (Å²) in [7, 11) is 1.55. The molecule has 32 heavy (non-hydrogen) atoms. The monoisotopic (exact) mass is 453 g/mol. The summed E-state index contributed by atoms with van der Waals surface area (Å²) in [6.45, 7) is 4.79. The number of hydrogen-bond donors (Lipinski definition) is 0. The topological polar surface area (TPSA) is 73.7 Å². The highest BCUT2D eigenvalue weighted by Gasteiger charge is 2.17. The van der Waals surface area contributed by atoms with Gasteiger partial charge < -0.3 is 9.47 Å². The Kier molecular flexibility index (Phi) is 7.57. The highest BCUT2D eigenvalue weighted by Crippen LogP contribution is 2.23. The zero-order valence-electron chi connectivity index (χ0n) is 18.2. The van der Waals surface area contributed by atoms with Crippen LogP contribution in [0.1, 0.15) is 16.8 Å². The van der Waals surface area contributed by atoms with Crippen molar-refractivity contribution in [3.05, 3.63) is 64.4 Å². The molecule has 168 valence electrons. The summed E-state index contributed by atoms with van der Waals surface area (Å²) < 4.78 is 12.4. The van der Waals surface area contributed by atoms with Gasteiger partial charge in [-0.25, -0.2) is 4.98 Å². The molecule has 0 aliphatic carbocycles. The first kappa shape index (κ1) is 22.5. The first-order valence-corrected chi connectivity index (χ1v) is 11.7. The number of rotatable bonds is 9. The second-order valence-electron chi connectivity index (χ2n) is 7.59. The van der Waals surface area contributed by atoms with E-state index < -0.39 is 0 Å². The molecule has 0 saturated carbocycles. The van der Waals surface area contributed by atoms with Crippen LogP contribution in [-0.2, 0) is 11.3 Å². The molecule has 2 heterocycles. The van der Waals surface area contributed by atoms with E-state index in [9.17, 15) is 9.59 Å². The summed E-state index contributed by atoms with van der Waals surface area (Å²) in [5.74, 6) is 0.663. The van der Waals surface area contributed by atoms with E-state index in [2.05, 4.69) is 4.90 Å². The van der Waals surface area contributed by atoms with E-state index in [-0.39, 0.29) is 17.1 Å². The number of fused-ring (bicyclic) bond motifs is 1. The molecule has 1 fully saturated rings. The summed E-state index contributed by atoms with van der Waals surface area (Å²) in [4.78, 5) is 33.1. The number of thioether (sulfide) groups is 1. The Morgan fingerprint density at radius 3 is 2.66 bits per heavy atom. The van der Waals surface area contributed by atoms with E-state index >= 15 is 0 Å². The van der Waals surface area contributed by atoms with Crippen LogP contribution in [0.25, 0.3) is 10.9 Å². The molecular formula is C24H27N3O4S. The number of nitrogens with zero attached hydrogens (tertiary/aromatic N) is 3. The Balaban J connectivity index is 1.54. The third-order valence-electron chi connectivity index (χ3n) is 5.53. The molecule has 3 aromatic rings. The van der Waals surface area contributed by atoms with Crippen LogP contribution in [0.5, 0.6) is 5.75 Å². The van der Waals surface area contributed by atoms with Gasteiger partial charge in [-0.05, 0) is 30.7 Å². The smallest absolute Gasteiger partial charge is 0.262 e. The Bertz CT molecular complexity index is 1140. The molecule has 4 rings (SSSR count). The molecule has 1 aromatic heterocycles. The number of para-hydroxylation sites is 2. The molecule has 0 unspecified atom stereocenters. The first-order valence-electron chi connectivity index (χ1n) is 10.8. The maximum Gasteiger partial charge on any atom is 0.262 e. The van der Waals surface area contributed by atoms with Crippen LogP contribution < -0.4 is 10.3 Å².